The number of hydrogen-bond donors (Lipinski definition) is 1. The zero-order valence-corrected chi connectivity index (χ0v) is 11.3. The normalized spacial score (nSPS) is 39.7. The number of carbonyl (C=O) groups is 1. The van der Waals surface area contributed by atoms with Crippen molar-refractivity contribution in [2.24, 2.45) is 5.92 Å². The number of nitrogens with zero attached hydrogens (tertiary/aromatic N) is 1. The predicted molar refractivity (Wildman–Crippen MR) is 68.7 cm³/mol. The zero-order valence-electron chi connectivity index (χ0n) is 11.3. The molecule has 3 aliphatic rings. The van der Waals surface area contributed by atoms with Crippen LogP contribution in [0.2, 0.25) is 0 Å². The van der Waals surface area contributed by atoms with E-state index in [1.54, 1.807) is 0 Å². The highest BCUT2D eigenvalue weighted by Gasteiger charge is 2.44. The average molecular weight is 269 g/mol. The highest BCUT2D eigenvalue weighted by atomic mass is 16.6. The number of hydrogen-bond acceptors (Lipinski definition) is 4. The smallest absolute Gasteiger partial charge is 0.254 e. The maximum absolute atomic E-state index is 12.4. The van der Waals surface area contributed by atoms with Crippen LogP contribution in [-0.2, 0) is 14.3 Å². The van der Waals surface area contributed by atoms with E-state index in [0.29, 0.717) is 39.3 Å². The Labute approximate surface area is 113 Å². The Morgan fingerprint density at radius 3 is 2.95 bits per heavy atom. The van der Waals surface area contributed by atoms with Gasteiger partial charge in [0.15, 0.2) is 6.10 Å². The second-order valence-corrected chi connectivity index (χ2v) is 6.01. The predicted octanol–water partition coefficient (Wildman–Crippen LogP) is 0.555. The molecule has 0 aromatic carbocycles. The van der Waals surface area contributed by atoms with Gasteiger partial charge < -0.3 is 19.5 Å². The Morgan fingerprint density at radius 1 is 1.26 bits per heavy atom. The van der Waals surface area contributed by atoms with Crippen molar-refractivity contribution in [3.05, 3.63) is 0 Å². The van der Waals surface area contributed by atoms with E-state index in [1.807, 2.05) is 4.90 Å². The Balaban J connectivity index is 1.62. The van der Waals surface area contributed by atoms with Gasteiger partial charge in [0, 0.05) is 19.0 Å². The van der Waals surface area contributed by atoms with Crippen LogP contribution in [-0.4, -0.2) is 60.5 Å². The van der Waals surface area contributed by atoms with Crippen LogP contribution in [0.5, 0.6) is 0 Å². The first kappa shape index (κ1) is 13.3. The second-order valence-electron chi connectivity index (χ2n) is 6.01. The van der Waals surface area contributed by atoms with Gasteiger partial charge >= 0.3 is 0 Å². The summed E-state index contributed by atoms with van der Waals surface area (Å²) in [7, 11) is 0. The summed E-state index contributed by atoms with van der Waals surface area (Å²) in [5.74, 6) is 0.274. The molecule has 2 aliphatic heterocycles. The number of amides is 1. The number of carbonyl (C=O) groups excluding carboxylic acids is 1. The number of ether oxygens (including phenoxy) is 2. The van der Waals surface area contributed by atoms with Crippen molar-refractivity contribution in [1.29, 1.82) is 0 Å². The summed E-state index contributed by atoms with van der Waals surface area (Å²) in [6, 6.07) is 0. The van der Waals surface area contributed by atoms with Gasteiger partial charge in [-0.15, -0.1) is 0 Å². The lowest BCUT2D eigenvalue weighted by molar-refractivity contribution is -0.166. The minimum absolute atomic E-state index is 0.0346. The minimum Gasteiger partial charge on any atom is -0.389 e. The van der Waals surface area contributed by atoms with Crippen LogP contribution in [0.1, 0.15) is 32.1 Å². The molecule has 0 aromatic rings. The van der Waals surface area contributed by atoms with E-state index < -0.39 is 11.7 Å². The quantitative estimate of drug-likeness (QED) is 0.755. The number of aliphatic hydroxyl groups is 1. The molecule has 3 fully saturated rings. The number of likely N-dealkylation sites (tertiary alicyclic amines) is 1. The van der Waals surface area contributed by atoms with Crippen LogP contribution in [0.4, 0.5) is 0 Å². The van der Waals surface area contributed by atoms with E-state index in [9.17, 15) is 9.90 Å². The molecule has 3 atom stereocenters. The first-order valence-corrected chi connectivity index (χ1v) is 7.39. The second kappa shape index (κ2) is 5.38. The highest BCUT2D eigenvalue weighted by Crippen LogP contribution is 2.39. The van der Waals surface area contributed by atoms with Crippen LogP contribution in [0.3, 0.4) is 0 Å². The van der Waals surface area contributed by atoms with E-state index in [2.05, 4.69) is 0 Å². The van der Waals surface area contributed by atoms with Gasteiger partial charge in [-0.1, -0.05) is 12.8 Å². The van der Waals surface area contributed by atoms with Crippen LogP contribution < -0.4 is 0 Å². The van der Waals surface area contributed by atoms with Gasteiger partial charge in [-0.2, -0.15) is 0 Å². The van der Waals surface area contributed by atoms with Gasteiger partial charge in [-0.25, -0.2) is 0 Å². The molecule has 0 bridgehead atoms. The maximum Gasteiger partial charge on any atom is 0.254 e. The lowest BCUT2D eigenvalue weighted by atomic mass is 9.71. The van der Waals surface area contributed by atoms with Gasteiger partial charge in [0.05, 0.1) is 25.4 Å². The van der Waals surface area contributed by atoms with E-state index >= 15 is 0 Å². The van der Waals surface area contributed by atoms with Crippen molar-refractivity contribution >= 4 is 5.91 Å². The monoisotopic (exact) mass is 269 g/mol. The Kier molecular flexibility index (Phi) is 3.78. The van der Waals surface area contributed by atoms with Crippen molar-refractivity contribution in [3.63, 3.8) is 0 Å². The summed E-state index contributed by atoms with van der Waals surface area (Å²) in [5, 5.41) is 10.6. The van der Waals surface area contributed by atoms with Crippen LogP contribution in [0.25, 0.3) is 0 Å². The molecular formula is C14H23NO4. The third kappa shape index (κ3) is 2.64. The van der Waals surface area contributed by atoms with Crippen LogP contribution in [0.15, 0.2) is 0 Å². The van der Waals surface area contributed by atoms with Crippen molar-refractivity contribution in [2.75, 3.05) is 32.9 Å². The van der Waals surface area contributed by atoms with Crippen LogP contribution >= 0.6 is 0 Å². The standard InChI is InChI=1S/C14H23NO4/c16-13(12-10-18-7-8-19-12)15-6-5-14(17)4-2-1-3-11(14)9-15/h11-12,17H,1-10H2. The highest BCUT2D eigenvalue weighted by molar-refractivity contribution is 5.81. The summed E-state index contributed by atoms with van der Waals surface area (Å²) in [5.41, 5.74) is -0.529. The molecule has 19 heavy (non-hydrogen) atoms. The number of piperidine rings is 1. The molecule has 3 rings (SSSR count). The van der Waals surface area contributed by atoms with Crippen molar-refractivity contribution in [2.45, 2.75) is 43.8 Å². The SMILES string of the molecule is O=C(C1COCCO1)N1CCC2(O)CCCCC2C1. The molecule has 108 valence electrons. The fraction of sp³-hybridized carbons (Fsp3) is 0.929. The third-order valence-electron chi connectivity index (χ3n) is 4.83. The molecule has 5 nitrogen and oxygen atoms in total. The summed E-state index contributed by atoms with van der Waals surface area (Å²) in [6.07, 6.45) is 4.46. The molecule has 0 radical (unpaired) electrons. The van der Waals surface area contributed by atoms with Gasteiger partial charge in [-0.05, 0) is 19.3 Å². The molecule has 0 spiro atoms. The Morgan fingerprint density at radius 2 is 2.16 bits per heavy atom. The lowest BCUT2D eigenvalue weighted by Crippen LogP contribution is -2.57. The Hall–Kier alpha value is -0.650. The van der Waals surface area contributed by atoms with Gasteiger partial charge in [-0.3, -0.25) is 4.79 Å². The average Bonchev–Trinajstić information content (AvgIpc) is 2.46. The van der Waals surface area contributed by atoms with E-state index in [4.69, 9.17) is 9.47 Å². The first-order valence-electron chi connectivity index (χ1n) is 7.39. The molecule has 2 saturated heterocycles. The van der Waals surface area contributed by atoms with Crippen molar-refractivity contribution in [1.82, 2.24) is 4.90 Å². The molecule has 0 aromatic heterocycles. The summed E-state index contributed by atoms with van der Waals surface area (Å²) >= 11 is 0. The van der Waals surface area contributed by atoms with E-state index in [-0.39, 0.29) is 11.8 Å². The van der Waals surface area contributed by atoms with Gasteiger partial charge in [0.2, 0.25) is 0 Å². The molecule has 5 heteroatoms. The fourth-order valence-corrected chi connectivity index (χ4v) is 3.61. The van der Waals surface area contributed by atoms with Gasteiger partial charge in [0.1, 0.15) is 0 Å². The van der Waals surface area contributed by atoms with Crippen molar-refractivity contribution in [3.8, 4) is 0 Å². The van der Waals surface area contributed by atoms with E-state index in [1.165, 1.54) is 0 Å². The van der Waals surface area contributed by atoms with Gasteiger partial charge in [0.25, 0.3) is 5.91 Å². The first-order chi connectivity index (χ1) is 9.19. The summed E-state index contributed by atoms with van der Waals surface area (Å²) in [6.45, 7) is 2.76. The summed E-state index contributed by atoms with van der Waals surface area (Å²) in [4.78, 5) is 14.2. The molecule has 1 aliphatic carbocycles. The number of rotatable bonds is 1. The largest absolute Gasteiger partial charge is 0.389 e. The maximum atomic E-state index is 12.4. The lowest BCUT2D eigenvalue weighted by Gasteiger charge is -2.48. The third-order valence-corrected chi connectivity index (χ3v) is 4.83. The summed E-state index contributed by atoms with van der Waals surface area (Å²) < 4.78 is 10.8. The Bertz CT molecular complexity index is 342. The topological polar surface area (TPSA) is 59.0 Å². The van der Waals surface area contributed by atoms with E-state index in [0.717, 1.165) is 25.7 Å². The van der Waals surface area contributed by atoms with Crippen molar-refractivity contribution < 1.29 is 19.4 Å². The molecule has 1 saturated carbocycles. The number of fused-ring (bicyclic) bond motifs is 1. The fourth-order valence-electron chi connectivity index (χ4n) is 3.61. The molecular weight excluding hydrogens is 246 g/mol. The zero-order chi connectivity index (χ0) is 13.3. The molecule has 1 N–H and O–H groups in total. The molecule has 1 amide bonds. The molecule has 3 unspecified atom stereocenters. The minimum atomic E-state index is -0.529. The van der Waals surface area contributed by atoms with Crippen LogP contribution in [0, 0.1) is 5.92 Å². The molecule has 2 heterocycles.